The van der Waals surface area contributed by atoms with Crippen LogP contribution in [0.2, 0.25) is 0 Å². The van der Waals surface area contributed by atoms with Gasteiger partial charge in [-0.1, -0.05) is 45.0 Å². The van der Waals surface area contributed by atoms with Crippen LogP contribution in [0.4, 0.5) is 5.69 Å². The minimum absolute atomic E-state index is 0.0854. The number of aliphatic imine (C=N–C) groups is 1. The number of hydrogen-bond donors (Lipinski definition) is 0. The highest BCUT2D eigenvalue weighted by Crippen LogP contribution is 2.41. The number of anilines is 1. The Hall–Kier alpha value is -1.54. The van der Waals surface area contributed by atoms with E-state index in [1.54, 1.807) is 0 Å². The van der Waals surface area contributed by atoms with E-state index in [0.717, 1.165) is 30.7 Å². The van der Waals surface area contributed by atoms with Crippen molar-refractivity contribution in [2.24, 2.45) is 10.9 Å². The topological polar surface area (TPSA) is 76.0 Å². The number of sulfone groups is 1. The lowest BCUT2D eigenvalue weighted by Gasteiger charge is -2.25. The molecule has 3 atom stereocenters. The van der Waals surface area contributed by atoms with E-state index in [2.05, 4.69) is 11.9 Å². The molecule has 154 valence electrons. The quantitative estimate of drug-likeness (QED) is 0.624. The van der Waals surface area contributed by atoms with Gasteiger partial charge in [0, 0.05) is 22.9 Å². The van der Waals surface area contributed by atoms with Crippen molar-refractivity contribution in [3.63, 3.8) is 0 Å². The van der Waals surface area contributed by atoms with Gasteiger partial charge in [-0.15, -0.1) is 0 Å². The Bertz CT molecular complexity index is 854. The molecule has 0 aliphatic carbocycles. The second-order valence-corrected chi connectivity index (χ2v) is 10.8. The highest BCUT2D eigenvalue weighted by Gasteiger charge is 2.49. The van der Waals surface area contributed by atoms with Gasteiger partial charge in [0.1, 0.15) is 5.75 Å². The van der Waals surface area contributed by atoms with E-state index >= 15 is 0 Å². The molecule has 1 aromatic carbocycles. The average Bonchev–Trinajstić information content (AvgIpc) is 3.12. The fraction of sp³-hybridized carbons (Fsp3) is 0.600. The van der Waals surface area contributed by atoms with Crippen molar-refractivity contribution < 1.29 is 17.9 Å². The third-order valence-corrected chi connectivity index (χ3v) is 8.38. The van der Waals surface area contributed by atoms with Crippen molar-refractivity contribution in [2.75, 3.05) is 23.0 Å². The van der Waals surface area contributed by atoms with E-state index in [-0.39, 0.29) is 34.6 Å². The molecule has 1 aromatic rings. The summed E-state index contributed by atoms with van der Waals surface area (Å²) in [4.78, 5) is 18.7. The van der Waals surface area contributed by atoms with Crippen LogP contribution < -0.4 is 9.64 Å². The van der Waals surface area contributed by atoms with Gasteiger partial charge in [-0.3, -0.25) is 4.79 Å². The Morgan fingerprint density at radius 2 is 2.14 bits per heavy atom. The summed E-state index contributed by atoms with van der Waals surface area (Å²) in [6, 6.07) is 7.42. The van der Waals surface area contributed by atoms with Crippen molar-refractivity contribution in [1.29, 1.82) is 0 Å². The van der Waals surface area contributed by atoms with Gasteiger partial charge in [0.05, 0.1) is 24.2 Å². The molecule has 2 fully saturated rings. The molecule has 8 heteroatoms. The first-order valence-electron chi connectivity index (χ1n) is 9.86. The van der Waals surface area contributed by atoms with E-state index < -0.39 is 9.84 Å². The summed E-state index contributed by atoms with van der Waals surface area (Å²) in [6.07, 6.45) is 2.75. The normalized spacial score (nSPS) is 25.7. The number of benzene rings is 1. The summed E-state index contributed by atoms with van der Waals surface area (Å²) in [5.74, 6) is 0.647. The molecular formula is C20H28N2O4S2. The molecule has 1 amide bonds. The molecule has 0 aromatic heterocycles. The number of amides is 1. The number of carbonyl (C=O) groups is 1. The van der Waals surface area contributed by atoms with Crippen molar-refractivity contribution in [3.05, 3.63) is 24.3 Å². The van der Waals surface area contributed by atoms with Gasteiger partial charge in [-0.05, 0) is 25.0 Å². The van der Waals surface area contributed by atoms with Crippen molar-refractivity contribution in [1.82, 2.24) is 0 Å². The molecule has 3 rings (SSSR count). The zero-order valence-corrected chi connectivity index (χ0v) is 18.3. The van der Waals surface area contributed by atoms with Crippen LogP contribution in [0.5, 0.6) is 5.75 Å². The molecule has 2 saturated heterocycles. The number of nitrogens with zero attached hydrogens (tertiary/aromatic N) is 2. The molecule has 2 aliphatic heterocycles. The maximum atomic E-state index is 12.4. The molecule has 6 nitrogen and oxygen atoms in total. The standard InChI is InChI=1S/C20H28N2O4S2/c1-4-6-10-26-16-9-7-8-15(11-16)22-17-12-28(24,25)13-18(17)27-20(22)21-19(23)14(3)5-2/h7-9,11,14,17-18H,4-6,10,12-13H2,1-3H3/t14-,17-,18+/m1/s1. The molecule has 2 aliphatic rings. The van der Waals surface area contributed by atoms with Crippen LogP contribution in [-0.4, -0.2) is 48.9 Å². The minimum atomic E-state index is -3.08. The van der Waals surface area contributed by atoms with Crippen LogP contribution in [0.1, 0.15) is 40.0 Å². The van der Waals surface area contributed by atoms with Crippen LogP contribution >= 0.6 is 11.8 Å². The first-order chi connectivity index (χ1) is 13.3. The predicted octanol–water partition coefficient (Wildman–Crippen LogP) is 3.51. The summed E-state index contributed by atoms with van der Waals surface area (Å²) in [5.41, 5.74) is 0.821. The number of ether oxygens (including phenoxy) is 1. The Morgan fingerprint density at radius 3 is 2.86 bits per heavy atom. The third kappa shape index (κ3) is 4.71. The van der Waals surface area contributed by atoms with Gasteiger partial charge in [0.15, 0.2) is 15.0 Å². The zero-order valence-electron chi connectivity index (χ0n) is 16.6. The highest BCUT2D eigenvalue weighted by atomic mass is 32.2. The maximum absolute atomic E-state index is 12.4. The summed E-state index contributed by atoms with van der Waals surface area (Å²) in [7, 11) is -3.08. The molecule has 0 bridgehead atoms. The number of fused-ring (bicyclic) bond motifs is 1. The van der Waals surface area contributed by atoms with Gasteiger partial charge >= 0.3 is 0 Å². The summed E-state index contributed by atoms with van der Waals surface area (Å²) in [6.45, 7) is 6.58. The molecule has 0 radical (unpaired) electrons. The smallest absolute Gasteiger partial charge is 0.250 e. The van der Waals surface area contributed by atoms with Gasteiger partial charge in [-0.2, -0.15) is 4.99 Å². The maximum Gasteiger partial charge on any atom is 0.250 e. The van der Waals surface area contributed by atoms with Crippen molar-refractivity contribution >= 4 is 38.4 Å². The van der Waals surface area contributed by atoms with Crippen LogP contribution in [0.3, 0.4) is 0 Å². The lowest BCUT2D eigenvalue weighted by Crippen LogP contribution is -2.37. The minimum Gasteiger partial charge on any atom is -0.494 e. The summed E-state index contributed by atoms with van der Waals surface area (Å²) < 4.78 is 30.2. The van der Waals surface area contributed by atoms with Crippen LogP contribution in [0, 0.1) is 5.92 Å². The van der Waals surface area contributed by atoms with Crippen molar-refractivity contribution in [3.8, 4) is 5.75 Å². The number of carbonyl (C=O) groups excluding carboxylic acids is 1. The Kier molecular flexibility index (Phi) is 6.70. The average molecular weight is 425 g/mol. The monoisotopic (exact) mass is 424 g/mol. The fourth-order valence-corrected chi connectivity index (χ4v) is 7.22. The number of hydrogen-bond acceptors (Lipinski definition) is 5. The zero-order chi connectivity index (χ0) is 20.3. The summed E-state index contributed by atoms with van der Waals surface area (Å²) >= 11 is 1.41. The largest absolute Gasteiger partial charge is 0.494 e. The molecule has 0 N–H and O–H groups in total. The van der Waals surface area contributed by atoms with E-state index in [0.29, 0.717) is 11.8 Å². The van der Waals surface area contributed by atoms with Crippen LogP contribution in [0.25, 0.3) is 0 Å². The Morgan fingerprint density at radius 1 is 1.36 bits per heavy atom. The first-order valence-corrected chi connectivity index (χ1v) is 12.6. The number of thioether (sulfide) groups is 1. The number of unbranched alkanes of at least 4 members (excludes halogenated alkanes) is 1. The van der Waals surface area contributed by atoms with Crippen molar-refractivity contribution in [2.45, 2.75) is 51.3 Å². The molecule has 0 unspecified atom stereocenters. The lowest BCUT2D eigenvalue weighted by molar-refractivity contribution is -0.121. The first kappa shape index (κ1) is 21.2. The lowest BCUT2D eigenvalue weighted by atomic mass is 10.1. The van der Waals surface area contributed by atoms with E-state index in [1.165, 1.54) is 11.8 Å². The number of amidine groups is 1. The highest BCUT2D eigenvalue weighted by molar-refractivity contribution is 8.16. The second kappa shape index (κ2) is 8.86. The molecule has 2 heterocycles. The number of rotatable bonds is 7. The second-order valence-electron chi connectivity index (χ2n) is 7.41. The van der Waals surface area contributed by atoms with Gasteiger partial charge < -0.3 is 9.64 Å². The van der Waals surface area contributed by atoms with E-state index in [9.17, 15) is 13.2 Å². The van der Waals surface area contributed by atoms with Crippen LogP contribution in [0.15, 0.2) is 29.3 Å². The van der Waals surface area contributed by atoms with Gasteiger partial charge in [0.25, 0.3) is 5.91 Å². The molecule has 28 heavy (non-hydrogen) atoms. The molecule has 0 saturated carbocycles. The molecular weight excluding hydrogens is 396 g/mol. The molecule has 0 spiro atoms. The predicted molar refractivity (Wildman–Crippen MR) is 115 cm³/mol. The summed E-state index contributed by atoms with van der Waals surface area (Å²) in [5, 5.41) is 0.499. The van der Waals surface area contributed by atoms with Gasteiger partial charge in [0.2, 0.25) is 0 Å². The Balaban J connectivity index is 1.92. The third-order valence-electron chi connectivity index (χ3n) is 5.17. The Labute approximate surface area is 171 Å². The fourth-order valence-electron chi connectivity index (χ4n) is 3.30. The van der Waals surface area contributed by atoms with E-state index in [1.807, 2.05) is 43.0 Å². The van der Waals surface area contributed by atoms with E-state index in [4.69, 9.17) is 4.74 Å². The van der Waals surface area contributed by atoms with Gasteiger partial charge in [-0.25, -0.2) is 8.42 Å². The SMILES string of the molecule is CCCCOc1cccc(N2C(=NC(=O)[C@H](C)CC)S[C@H]3CS(=O)(=O)C[C@H]32)c1. The van der Waals surface area contributed by atoms with Crippen LogP contribution in [-0.2, 0) is 14.6 Å².